The van der Waals surface area contributed by atoms with E-state index in [9.17, 15) is 24.1 Å². The number of nitrogens with zero attached hydrogens (tertiary/aromatic N) is 2. The lowest BCUT2D eigenvalue weighted by atomic mass is 10.1. The second kappa shape index (κ2) is 7.92. The van der Waals surface area contributed by atoms with E-state index >= 15 is 0 Å². The van der Waals surface area contributed by atoms with Gasteiger partial charge in [0.1, 0.15) is 22.9 Å². The molecular formula is C21H12FN3O5S. The van der Waals surface area contributed by atoms with Crippen LogP contribution in [-0.4, -0.2) is 21.9 Å². The van der Waals surface area contributed by atoms with Crippen LogP contribution in [0, 0.1) is 15.9 Å². The Hall–Kier alpha value is -4.18. The minimum atomic E-state index is -0.799. The third-order valence-electron chi connectivity index (χ3n) is 4.47. The summed E-state index contributed by atoms with van der Waals surface area (Å²) in [7, 11) is 0. The van der Waals surface area contributed by atoms with E-state index in [1.807, 2.05) is 0 Å². The molecule has 1 aliphatic rings. The molecule has 0 unspecified atom stereocenters. The summed E-state index contributed by atoms with van der Waals surface area (Å²) >= 11 is 5.05. The quantitative estimate of drug-likeness (QED) is 0.219. The molecule has 1 aromatic heterocycles. The highest BCUT2D eigenvalue weighted by Gasteiger charge is 2.35. The second-order valence-electron chi connectivity index (χ2n) is 6.42. The van der Waals surface area contributed by atoms with E-state index in [4.69, 9.17) is 16.6 Å². The fraction of sp³-hybridized carbons (Fsp3) is 0. The van der Waals surface area contributed by atoms with E-state index in [2.05, 4.69) is 5.32 Å². The Morgan fingerprint density at radius 2 is 1.77 bits per heavy atom. The maximum Gasteiger partial charge on any atom is 0.270 e. The van der Waals surface area contributed by atoms with Crippen molar-refractivity contribution in [2.75, 3.05) is 4.90 Å². The van der Waals surface area contributed by atoms with E-state index in [0.29, 0.717) is 11.3 Å². The van der Waals surface area contributed by atoms with Gasteiger partial charge in [0.2, 0.25) is 0 Å². The highest BCUT2D eigenvalue weighted by atomic mass is 32.1. The van der Waals surface area contributed by atoms with Crippen LogP contribution in [0.4, 0.5) is 15.8 Å². The van der Waals surface area contributed by atoms with Crippen molar-refractivity contribution in [1.29, 1.82) is 0 Å². The number of nitro benzene ring substituents is 1. The second-order valence-corrected chi connectivity index (χ2v) is 6.80. The van der Waals surface area contributed by atoms with Gasteiger partial charge in [-0.1, -0.05) is 12.1 Å². The molecule has 1 fully saturated rings. The molecule has 2 heterocycles. The molecule has 2 amide bonds. The third kappa shape index (κ3) is 3.83. The van der Waals surface area contributed by atoms with Crippen molar-refractivity contribution in [3.8, 4) is 11.3 Å². The van der Waals surface area contributed by atoms with Crippen molar-refractivity contribution in [3.63, 3.8) is 0 Å². The third-order valence-corrected chi connectivity index (χ3v) is 4.76. The number of para-hydroxylation sites is 1. The minimum Gasteiger partial charge on any atom is -0.457 e. The molecule has 0 bridgehead atoms. The minimum absolute atomic E-state index is 0.0636. The van der Waals surface area contributed by atoms with E-state index in [-0.39, 0.29) is 27.8 Å². The maximum atomic E-state index is 14.2. The summed E-state index contributed by atoms with van der Waals surface area (Å²) in [5.74, 6) is -1.64. The first-order valence-electron chi connectivity index (χ1n) is 8.86. The zero-order chi connectivity index (χ0) is 22.1. The lowest BCUT2D eigenvalue weighted by Crippen LogP contribution is -2.54. The average Bonchev–Trinajstić information content (AvgIpc) is 3.21. The highest BCUT2D eigenvalue weighted by Crippen LogP contribution is 2.28. The predicted molar refractivity (Wildman–Crippen MR) is 113 cm³/mol. The summed E-state index contributed by atoms with van der Waals surface area (Å²) in [4.78, 5) is 36.4. The molecule has 154 valence electrons. The van der Waals surface area contributed by atoms with Crippen LogP contribution in [0.2, 0.25) is 0 Å². The summed E-state index contributed by atoms with van der Waals surface area (Å²) in [6, 6.07) is 14.4. The molecular weight excluding hydrogens is 425 g/mol. The number of benzene rings is 2. The Labute approximate surface area is 179 Å². The number of halogens is 1. The molecule has 8 nitrogen and oxygen atoms in total. The normalized spacial score (nSPS) is 15.3. The van der Waals surface area contributed by atoms with Crippen LogP contribution in [0.3, 0.4) is 0 Å². The van der Waals surface area contributed by atoms with E-state index in [1.54, 1.807) is 6.07 Å². The molecule has 3 aromatic rings. The van der Waals surface area contributed by atoms with Gasteiger partial charge in [-0.05, 0) is 54.7 Å². The predicted octanol–water partition coefficient (Wildman–Crippen LogP) is 3.83. The Morgan fingerprint density at radius 1 is 1.06 bits per heavy atom. The number of amides is 2. The smallest absolute Gasteiger partial charge is 0.270 e. The molecule has 2 aromatic carbocycles. The van der Waals surface area contributed by atoms with Crippen LogP contribution in [0.5, 0.6) is 0 Å². The Bertz CT molecular complexity index is 1270. The summed E-state index contributed by atoms with van der Waals surface area (Å²) in [6.07, 6.45) is 1.22. The molecule has 0 atom stereocenters. The number of hydrogen-bond donors (Lipinski definition) is 1. The average molecular weight is 437 g/mol. The number of thiocarbonyl (C=S) groups is 1. The van der Waals surface area contributed by atoms with Gasteiger partial charge in [-0.2, -0.15) is 0 Å². The number of non-ortho nitro benzene ring substituents is 1. The number of nitrogens with one attached hydrogen (secondary N) is 1. The zero-order valence-electron chi connectivity index (χ0n) is 15.6. The zero-order valence-corrected chi connectivity index (χ0v) is 16.4. The molecule has 0 spiro atoms. The van der Waals surface area contributed by atoms with Gasteiger partial charge in [0.05, 0.1) is 10.6 Å². The van der Waals surface area contributed by atoms with Crippen molar-refractivity contribution >= 4 is 46.6 Å². The van der Waals surface area contributed by atoms with Gasteiger partial charge in [0.25, 0.3) is 17.5 Å². The van der Waals surface area contributed by atoms with E-state index in [1.165, 1.54) is 60.7 Å². The van der Waals surface area contributed by atoms with Crippen LogP contribution in [0.1, 0.15) is 5.76 Å². The van der Waals surface area contributed by atoms with Crippen LogP contribution in [-0.2, 0) is 9.59 Å². The Morgan fingerprint density at radius 3 is 2.45 bits per heavy atom. The number of rotatable bonds is 4. The van der Waals surface area contributed by atoms with Gasteiger partial charge in [-0.15, -0.1) is 0 Å². The standard InChI is InChI=1S/C21H12FN3O5S/c22-16-3-1-2-4-17(16)24-20(27)15(19(26)23-21(24)31)11-14-9-10-18(30-14)12-5-7-13(8-6-12)25(28)29/h1-11H,(H,23,26,31). The van der Waals surface area contributed by atoms with Crippen molar-refractivity contribution < 1.29 is 23.3 Å². The van der Waals surface area contributed by atoms with Gasteiger partial charge < -0.3 is 4.42 Å². The van der Waals surface area contributed by atoms with Crippen LogP contribution < -0.4 is 10.2 Å². The summed E-state index contributed by atoms with van der Waals surface area (Å²) in [6.45, 7) is 0. The first kappa shape index (κ1) is 20.1. The Balaban J connectivity index is 1.65. The Kier molecular flexibility index (Phi) is 5.14. The maximum absolute atomic E-state index is 14.2. The molecule has 0 saturated carbocycles. The lowest BCUT2D eigenvalue weighted by Gasteiger charge is -2.28. The van der Waals surface area contributed by atoms with Gasteiger partial charge >= 0.3 is 0 Å². The van der Waals surface area contributed by atoms with Gasteiger partial charge in [-0.25, -0.2) is 9.29 Å². The van der Waals surface area contributed by atoms with Crippen LogP contribution >= 0.6 is 12.2 Å². The summed E-state index contributed by atoms with van der Waals surface area (Å²) in [5, 5.41) is 12.9. The molecule has 1 N–H and O–H groups in total. The first-order chi connectivity index (χ1) is 14.8. The number of carbonyl (C=O) groups excluding carboxylic acids is 2. The van der Waals surface area contributed by atoms with Crippen LogP contribution in [0.25, 0.3) is 17.4 Å². The molecule has 10 heteroatoms. The molecule has 0 radical (unpaired) electrons. The van der Waals surface area contributed by atoms with E-state index in [0.717, 1.165) is 4.90 Å². The largest absolute Gasteiger partial charge is 0.457 e. The van der Waals surface area contributed by atoms with Gasteiger partial charge in [0.15, 0.2) is 5.11 Å². The number of furan rings is 1. The van der Waals surface area contributed by atoms with Crippen molar-refractivity contribution in [2.24, 2.45) is 0 Å². The summed E-state index contributed by atoms with van der Waals surface area (Å²) < 4.78 is 19.9. The molecule has 1 aliphatic heterocycles. The molecule has 31 heavy (non-hydrogen) atoms. The monoisotopic (exact) mass is 437 g/mol. The first-order valence-corrected chi connectivity index (χ1v) is 9.26. The molecule has 0 aliphatic carbocycles. The number of carbonyl (C=O) groups is 2. The number of anilines is 1. The van der Waals surface area contributed by atoms with Crippen molar-refractivity contribution in [1.82, 2.24) is 5.32 Å². The molecule has 4 rings (SSSR count). The van der Waals surface area contributed by atoms with Crippen LogP contribution in [0.15, 0.2) is 70.7 Å². The SMILES string of the molecule is O=C1NC(=S)N(c2ccccc2F)C(=O)C1=Cc1ccc(-c2ccc([N+](=O)[O-])cc2)o1. The summed E-state index contributed by atoms with van der Waals surface area (Å²) in [5.41, 5.74) is 0.131. The molecule has 1 saturated heterocycles. The van der Waals surface area contributed by atoms with Crippen molar-refractivity contribution in [2.45, 2.75) is 0 Å². The van der Waals surface area contributed by atoms with Crippen molar-refractivity contribution in [3.05, 3.63) is 87.9 Å². The topological polar surface area (TPSA) is 106 Å². The number of nitro groups is 1. The van der Waals surface area contributed by atoms with E-state index < -0.39 is 22.6 Å². The fourth-order valence-electron chi connectivity index (χ4n) is 2.98. The van der Waals surface area contributed by atoms with Gasteiger partial charge in [-0.3, -0.25) is 25.0 Å². The lowest BCUT2D eigenvalue weighted by molar-refractivity contribution is -0.384. The fourth-order valence-corrected chi connectivity index (χ4v) is 3.26. The van der Waals surface area contributed by atoms with Gasteiger partial charge in [0, 0.05) is 17.7 Å². The highest BCUT2D eigenvalue weighted by molar-refractivity contribution is 7.80. The number of hydrogen-bond acceptors (Lipinski definition) is 6.